The van der Waals surface area contributed by atoms with Crippen molar-refractivity contribution in [1.82, 2.24) is 9.97 Å². The van der Waals surface area contributed by atoms with Gasteiger partial charge >= 0.3 is 0 Å². The molecule has 2 aromatic carbocycles. The number of anilines is 1. The van der Waals surface area contributed by atoms with Gasteiger partial charge in [-0.1, -0.05) is 60.7 Å². The second-order valence-electron chi connectivity index (χ2n) is 5.71. The van der Waals surface area contributed by atoms with Gasteiger partial charge in [0.15, 0.2) is 4.77 Å². The lowest BCUT2D eigenvalue weighted by atomic mass is 9.86. The van der Waals surface area contributed by atoms with Gasteiger partial charge in [0, 0.05) is 23.7 Å². The number of aromatic nitrogens is 2. The topological polar surface area (TPSA) is 40.7 Å². The van der Waals surface area contributed by atoms with E-state index in [1.165, 1.54) is 16.7 Å². The molecule has 0 unspecified atom stereocenters. The van der Waals surface area contributed by atoms with E-state index in [-0.39, 0.29) is 5.92 Å². The molecule has 0 spiro atoms. The van der Waals surface area contributed by atoms with Crippen LogP contribution < -0.4 is 5.32 Å². The molecule has 0 fully saturated rings. The van der Waals surface area contributed by atoms with Crippen molar-refractivity contribution in [2.24, 2.45) is 0 Å². The Kier molecular flexibility index (Phi) is 3.67. The zero-order chi connectivity index (χ0) is 15.6. The highest BCUT2D eigenvalue weighted by atomic mass is 32.1. The average molecular weight is 319 g/mol. The molecule has 0 amide bonds. The van der Waals surface area contributed by atoms with E-state index in [0.717, 1.165) is 24.5 Å². The fraction of sp³-hybridized carbons (Fsp3) is 0.158. The van der Waals surface area contributed by atoms with Crippen molar-refractivity contribution in [3.63, 3.8) is 0 Å². The summed E-state index contributed by atoms with van der Waals surface area (Å²) in [4.78, 5) is 7.80. The highest BCUT2D eigenvalue weighted by molar-refractivity contribution is 7.71. The first-order valence-corrected chi connectivity index (χ1v) is 8.20. The fourth-order valence-electron chi connectivity index (χ4n) is 3.28. The second-order valence-corrected chi connectivity index (χ2v) is 6.10. The third-order valence-corrected chi connectivity index (χ3v) is 4.48. The van der Waals surface area contributed by atoms with Crippen molar-refractivity contribution < 1.29 is 0 Å². The average Bonchev–Trinajstić information content (AvgIpc) is 3.05. The lowest BCUT2D eigenvalue weighted by molar-refractivity contribution is 0.873. The maximum Gasteiger partial charge on any atom is 0.198 e. The van der Waals surface area contributed by atoms with Gasteiger partial charge in [0.25, 0.3) is 0 Å². The van der Waals surface area contributed by atoms with E-state index in [9.17, 15) is 0 Å². The maximum absolute atomic E-state index is 5.35. The van der Waals surface area contributed by atoms with Crippen LogP contribution in [0.4, 0.5) is 5.82 Å². The molecule has 4 heteroatoms. The Hall–Kier alpha value is -2.46. The molecule has 3 nitrogen and oxygen atoms in total. The molecule has 0 bridgehead atoms. The normalized spacial score (nSPS) is 12.9. The van der Waals surface area contributed by atoms with Crippen molar-refractivity contribution in [2.75, 3.05) is 11.9 Å². The van der Waals surface area contributed by atoms with Gasteiger partial charge in [0.05, 0.1) is 0 Å². The van der Waals surface area contributed by atoms with Crippen molar-refractivity contribution in [2.45, 2.75) is 12.3 Å². The maximum atomic E-state index is 5.35. The first-order valence-electron chi connectivity index (χ1n) is 7.80. The van der Waals surface area contributed by atoms with Gasteiger partial charge in [-0.3, -0.25) is 0 Å². The highest BCUT2D eigenvalue weighted by Gasteiger charge is 2.25. The third kappa shape index (κ3) is 2.66. The van der Waals surface area contributed by atoms with Gasteiger partial charge < -0.3 is 10.3 Å². The number of fused-ring (bicyclic) bond motifs is 1. The zero-order valence-electron chi connectivity index (χ0n) is 12.6. The monoisotopic (exact) mass is 319 g/mol. The number of rotatable bonds is 3. The molecule has 1 aliphatic heterocycles. The Morgan fingerprint density at radius 3 is 2.13 bits per heavy atom. The van der Waals surface area contributed by atoms with Crippen LogP contribution in [0.15, 0.2) is 60.7 Å². The molecule has 3 aromatic rings. The molecule has 0 atom stereocenters. The molecule has 0 aliphatic carbocycles. The summed E-state index contributed by atoms with van der Waals surface area (Å²) in [6.07, 6.45) is 0.972. The number of hydrogen-bond donors (Lipinski definition) is 2. The number of nitrogens with zero attached hydrogens (tertiary/aromatic N) is 1. The predicted molar refractivity (Wildman–Crippen MR) is 95.4 cm³/mol. The van der Waals surface area contributed by atoms with E-state index in [1.54, 1.807) is 0 Å². The summed E-state index contributed by atoms with van der Waals surface area (Å²) in [6.45, 7) is 0.915. The number of aromatic amines is 1. The number of benzene rings is 2. The van der Waals surface area contributed by atoms with Gasteiger partial charge in [-0.25, -0.2) is 4.98 Å². The van der Waals surface area contributed by atoms with Gasteiger partial charge in [-0.15, -0.1) is 0 Å². The first kappa shape index (κ1) is 14.2. The molecule has 0 radical (unpaired) electrons. The van der Waals surface area contributed by atoms with Crippen LogP contribution >= 0.6 is 12.2 Å². The van der Waals surface area contributed by atoms with Crippen LogP contribution in [-0.2, 0) is 6.42 Å². The Morgan fingerprint density at radius 1 is 0.913 bits per heavy atom. The lowest BCUT2D eigenvalue weighted by Crippen LogP contribution is -2.09. The summed E-state index contributed by atoms with van der Waals surface area (Å²) in [5.41, 5.74) is 4.91. The Labute approximate surface area is 140 Å². The standard InChI is InChI=1S/C19H17N3S/c23-19-21-17(15-11-12-20-18(15)22-19)16(13-7-3-1-4-8-13)14-9-5-2-6-10-14/h1-10,16H,11-12H2,(H2,20,21,22,23). The molecular formula is C19H17N3S. The van der Waals surface area contributed by atoms with E-state index < -0.39 is 0 Å². The molecule has 2 N–H and O–H groups in total. The quantitative estimate of drug-likeness (QED) is 0.708. The summed E-state index contributed by atoms with van der Waals surface area (Å²) in [5.74, 6) is 1.07. The fourth-order valence-corrected chi connectivity index (χ4v) is 3.48. The minimum Gasteiger partial charge on any atom is -0.369 e. The molecule has 114 valence electrons. The SMILES string of the molecule is S=c1nc2c(c(C(c3ccccc3)c3ccccc3)[nH]1)CCN2. The minimum atomic E-state index is 0.135. The van der Waals surface area contributed by atoms with Crippen LogP contribution in [0, 0.1) is 4.77 Å². The van der Waals surface area contributed by atoms with Crippen molar-refractivity contribution >= 4 is 18.0 Å². The molecule has 1 aromatic heterocycles. The molecule has 1 aliphatic rings. The Bertz CT molecular complexity index is 833. The molecule has 4 rings (SSSR count). The zero-order valence-corrected chi connectivity index (χ0v) is 13.4. The molecule has 2 heterocycles. The summed E-state index contributed by atoms with van der Waals surface area (Å²) in [5, 5.41) is 3.34. The minimum absolute atomic E-state index is 0.135. The van der Waals surface area contributed by atoms with Crippen LogP contribution in [0.5, 0.6) is 0 Å². The van der Waals surface area contributed by atoms with Crippen LogP contribution in [0.3, 0.4) is 0 Å². The van der Waals surface area contributed by atoms with Gasteiger partial charge in [-0.05, 0) is 29.8 Å². The van der Waals surface area contributed by atoms with Crippen molar-refractivity contribution in [3.05, 3.63) is 87.8 Å². The third-order valence-electron chi connectivity index (χ3n) is 4.29. The van der Waals surface area contributed by atoms with E-state index in [2.05, 4.69) is 63.8 Å². The molecular weight excluding hydrogens is 302 g/mol. The Morgan fingerprint density at radius 2 is 1.52 bits per heavy atom. The van der Waals surface area contributed by atoms with E-state index >= 15 is 0 Å². The largest absolute Gasteiger partial charge is 0.369 e. The summed E-state index contributed by atoms with van der Waals surface area (Å²) in [6, 6.07) is 21.1. The number of hydrogen-bond acceptors (Lipinski definition) is 3. The number of nitrogens with one attached hydrogen (secondary N) is 2. The van der Waals surface area contributed by atoms with Gasteiger partial charge in [0.1, 0.15) is 5.82 Å². The Balaban J connectivity index is 1.96. The van der Waals surface area contributed by atoms with Crippen molar-refractivity contribution in [3.8, 4) is 0 Å². The van der Waals surface area contributed by atoms with E-state index in [0.29, 0.717) is 4.77 Å². The molecule has 0 saturated heterocycles. The van der Waals surface area contributed by atoms with E-state index in [4.69, 9.17) is 12.2 Å². The van der Waals surface area contributed by atoms with Crippen LogP contribution in [0.2, 0.25) is 0 Å². The van der Waals surface area contributed by atoms with Crippen LogP contribution in [-0.4, -0.2) is 16.5 Å². The second kappa shape index (κ2) is 5.97. The first-order chi connectivity index (χ1) is 11.3. The van der Waals surface area contributed by atoms with E-state index in [1.807, 2.05) is 12.1 Å². The van der Waals surface area contributed by atoms with Gasteiger partial charge in [-0.2, -0.15) is 0 Å². The van der Waals surface area contributed by atoms with Gasteiger partial charge in [0.2, 0.25) is 0 Å². The van der Waals surface area contributed by atoms with Crippen LogP contribution in [0.1, 0.15) is 28.3 Å². The molecule has 23 heavy (non-hydrogen) atoms. The predicted octanol–water partition coefficient (Wildman–Crippen LogP) is 4.29. The molecule has 0 saturated carbocycles. The smallest absolute Gasteiger partial charge is 0.198 e. The number of H-pyrrole nitrogens is 1. The summed E-state index contributed by atoms with van der Waals surface area (Å²) < 4.78 is 0.532. The highest BCUT2D eigenvalue weighted by Crippen LogP contribution is 2.35. The lowest BCUT2D eigenvalue weighted by Gasteiger charge is -2.21. The van der Waals surface area contributed by atoms with Crippen molar-refractivity contribution in [1.29, 1.82) is 0 Å². The summed E-state index contributed by atoms with van der Waals surface area (Å²) >= 11 is 5.35. The van der Waals surface area contributed by atoms with Crippen LogP contribution in [0.25, 0.3) is 0 Å². The summed E-state index contributed by atoms with van der Waals surface area (Å²) in [7, 11) is 0.